The number of aromatic nitrogens is 1. The number of aryl methyl sites for hydroxylation is 1. The Balaban J connectivity index is 2.32. The summed E-state index contributed by atoms with van der Waals surface area (Å²) < 4.78 is 0. The smallest absolute Gasteiger partial charge is 0.257 e. The Hall–Kier alpha value is -1.43. The summed E-state index contributed by atoms with van der Waals surface area (Å²) in [7, 11) is 0. The highest BCUT2D eigenvalue weighted by molar-refractivity contribution is 7.11. The number of thiazole rings is 1. The van der Waals surface area contributed by atoms with Crippen molar-refractivity contribution in [3.63, 3.8) is 0 Å². The Morgan fingerprint density at radius 3 is 2.92 bits per heavy atom. The molecule has 0 spiro atoms. The van der Waals surface area contributed by atoms with Crippen molar-refractivity contribution in [2.24, 2.45) is 10.7 Å². The minimum absolute atomic E-state index is 0.179. The summed E-state index contributed by atoms with van der Waals surface area (Å²) in [6.45, 7) is 1.88. The van der Waals surface area contributed by atoms with Crippen molar-refractivity contribution in [3.8, 4) is 0 Å². The van der Waals surface area contributed by atoms with Crippen LogP contribution in [0.25, 0.3) is 0 Å². The summed E-state index contributed by atoms with van der Waals surface area (Å²) in [6, 6.07) is -0.494. The molecule has 0 radical (unpaired) electrons. The van der Waals surface area contributed by atoms with Crippen molar-refractivity contribution in [1.82, 2.24) is 10.3 Å². The van der Waals surface area contributed by atoms with E-state index < -0.39 is 6.04 Å². The molecule has 5 nitrogen and oxygen atoms in total. The van der Waals surface area contributed by atoms with Crippen molar-refractivity contribution in [2.45, 2.75) is 13.0 Å². The summed E-state index contributed by atoms with van der Waals surface area (Å²) in [5.74, 6) is 0.00204. The van der Waals surface area contributed by atoms with Gasteiger partial charge in [0.2, 0.25) is 0 Å². The van der Waals surface area contributed by atoms with Gasteiger partial charge in [0.1, 0.15) is 0 Å². The summed E-state index contributed by atoms with van der Waals surface area (Å²) in [5, 5.41) is 3.36. The number of hydrogen-bond donors (Lipinski definition) is 2. The normalized spacial score (nSPS) is 21.5. The number of nitrogens with two attached hydrogens (primary N) is 1. The van der Waals surface area contributed by atoms with E-state index in [2.05, 4.69) is 15.3 Å². The second-order valence-corrected chi connectivity index (χ2v) is 3.95. The zero-order chi connectivity index (χ0) is 9.42. The second-order valence-electron chi connectivity index (χ2n) is 2.69. The van der Waals surface area contributed by atoms with E-state index in [1.165, 1.54) is 11.3 Å². The molecule has 0 aliphatic carbocycles. The summed E-state index contributed by atoms with van der Waals surface area (Å²) >= 11 is 1.46. The third kappa shape index (κ3) is 1.40. The Morgan fingerprint density at radius 1 is 1.69 bits per heavy atom. The zero-order valence-electron chi connectivity index (χ0n) is 6.94. The van der Waals surface area contributed by atoms with Crippen LogP contribution < -0.4 is 11.1 Å². The lowest BCUT2D eigenvalue weighted by atomic mass is 10.3. The molecule has 1 amide bonds. The number of hydrogen-bond acceptors (Lipinski definition) is 5. The van der Waals surface area contributed by atoms with Crippen LogP contribution in [0.15, 0.2) is 11.2 Å². The van der Waals surface area contributed by atoms with Gasteiger partial charge in [-0.15, -0.1) is 11.3 Å². The molecule has 6 heteroatoms. The number of nitrogens with one attached hydrogen (secondary N) is 1. The van der Waals surface area contributed by atoms with Gasteiger partial charge in [-0.3, -0.25) is 10.1 Å². The molecule has 1 aromatic rings. The molecule has 2 heterocycles. The molecule has 1 atom stereocenters. The lowest BCUT2D eigenvalue weighted by Gasteiger charge is -1.97. The maximum Gasteiger partial charge on any atom is 0.257 e. The van der Waals surface area contributed by atoms with Crippen LogP contribution in [0.2, 0.25) is 0 Å². The van der Waals surface area contributed by atoms with E-state index in [-0.39, 0.29) is 11.9 Å². The maximum atomic E-state index is 11.3. The first-order valence-corrected chi connectivity index (χ1v) is 4.55. The molecular formula is C7H8N4OS. The van der Waals surface area contributed by atoms with Gasteiger partial charge in [0.15, 0.2) is 12.0 Å². The quantitative estimate of drug-likeness (QED) is 0.660. The topological polar surface area (TPSA) is 80.4 Å². The molecule has 1 aromatic heterocycles. The zero-order valence-corrected chi connectivity index (χ0v) is 7.76. The van der Waals surface area contributed by atoms with Crippen LogP contribution >= 0.6 is 11.3 Å². The van der Waals surface area contributed by atoms with Gasteiger partial charge in [0.05, 0.1) is 9.88 Å². The van der Waals surface area contributed by atoms with Gasteiger partial charge < -0.3 is 5.73 Å². The first-order valence-electron chi connectivity index (χ1n) is 3.73. The molecule has 0 saturated heterocycles. The summed E-state index contributed by atoms with van der Waals surface area (Å²) in [5.41, 5.74) is 5.36. The average molecular weight is 196 g/mol. The Kier molecular flexibility index (Phi) is 1.77. The van der Waals surface area contributed by atoms with Crippen molar-refractivity contribution in [2.75, 3.05) is 0 Å². The van der Waals surface area contributed by atoms with Crippen LogP contribution in [0.1, 0.15) is 15.9 Å². The molecule has 1 aliphatic rings. The first-order chi connectivity index (χ1) is 6.16. The van der Waals surface area contributed by atoms with Crippen LogP contribution in [-0.4, -0.2) is 16.9 Å². The molecule has 3 N–H and O–H groups in total. The minimum atomic E-state index is -0.494. The van der Waals surface area contributed by atoms with Gasteiger partial charge in [-0.2, -0.15) is 0 Å². The van der Waals surface area contributed by atoms with Crippen LogP contribution in [0.3, 0.4) is 0 Å². The van der Waals surface area contributed by atoms with Crippen molar-refractivity contribution in [3.05, 3.63) is 16.1 Å². The standard InChI is InChI=1S/C7H8N4OS/c1-3-9-2-4(13-3)5-6(12)11-7(8)10-5/h2,5H,1H3,(H3,8,10,11,12). The van der Waals surface area contributed by atoms with E-state index in [1.807, 2.05) is 6.92 Å². The van der Waals surface area contributed by atoms with E-state index in [0.717, 1.165) is 9.88 Å². The highest BCUT2D eigenvalue weighted by atomic mass is 32.1. The lowest BCUT2D eigenvalue weighted by molar-refractivity contribution is -0.120. The number of aliphatic imine (C=N–C) groups is 1. The fraction of sp³-hybridized carbons (Fsp3) is 0.286. The average Bonchev–Trinajstić information content (AvgIpc) is 2.58. The minimum Gasteiger partial charge on any atom is -0.370 e. The van der Waals surface area contributed by atoms with Gasteiger partial charge >= 0.3 is 0 Å². The molecule has 2 rings (SSSR count). The number of nitrogens with zero attached hydrogens (tertiary/aromatic N) is 2. The molecule has 0 bridgehead atoms. The predicted molar refractivity (Wildman–Crippen MR) is 49.4 cm³/mol. The Morgan fingerprint density at radius 2 is 2.46 bits per heavy atom. The van der Waals surface area contributed by atoms with Crippen LogP contribution in [0.4, 0.5) is 0 Å². The molecule has 1 aliphatic heterocycles. The number of carbonyl (C=O) groups excluding carboxylic acids is 1. The third-order valence-electron chi connectivity index (χ3n) is 1.68. The largest absolute Gasteiger partial charge is 0.370 e. The predicted octanol–water partition coefficient (Wildman–Crippen LogP) is -0.0629. The van der Waals surface area contributed by atoms with Crippen LogP contribution in [0, 0.1) is 6.92 Å². The molecule has 0 saturated carbocycles. The maximum absolute atomic E-state index is 11.3. The number of amides is 1. The van der Waals surface area contributed by atoms with E-state index >= 15 is 0 Å². The van der Waals surface area contributed by atoms with Gasteiger partial charge in [0.25, 0.3) is 5.91 Å². The van der Waals surface area contributed by atoms with Gasteiger partial charge in [0, 0.05) is 6.20 Å². The number of carbonyl (C=O) groups is 1. The van der Waals surface area contributed by atoms with E-state index in [1.54, 1.807) is 6.20 Å². The molecule has 13 heavy (non-hydrogen) atoms. The molecule has 68 valence electrons. The SMILES string of the molecule is Cc1ncc(C2N=C(N)NC2=O)s1. The Labute approximate surface area is 78.7 Å². The van der Waals surface area contributed by atoms with Crippen molar-refractivity contribution < 1.29 is 4.79 Å². The van der Waals surface area contributed by atoms with E-state index in [9.17, 15) is 4.79 Å². The highest BCUT2D eigenvalue weighted by Crippen LogP contribution is 2.25. The van der Waals surface area contributed by atoms with Crippen molar-refractivity contribution >= 4 is 23.2 Å². The fourth-order valence-corrected chi connectivity index (χ4v) is 1.94. The van der Waals surface area contributed by atoms with Crippen LogP contribution in [-0.2, 0) is 4.79 Å². The fourth-order valence-electron chi connectivity index (χ4n) is 1.12. The number of guanidine groups is 1. The molecule has 0 aromatic carbocycles. The van der Waals surface area contributed by atoms with Gasteiger partial charge in [-0.05, 0) is 6.92 Å². The van der Waals surface area contributed by atoms with Crippen LogP contribution in [0.5, 0.6) is 0 Å². The second kappa shape index (κ2) is 2.81. The first kappa shape index (κ1) is 8.18. The summed E-state index contributed by atoms with van der Waals surface area (Å²) in [4.78, 5) is 20.1. The van der Waals surface area contributed by atoms with E-state index in [4.69, 9.17) is 5.73 Å². The van der Waals surface area contributed by atoms with E-state index in [0.29, 0.717) is 0 Å². The number of rotatable bonds is 1. The van der Waals surface area contributed by atoms with Gasteiger partial charge in [-0.1, -0.05) is 0 Å². The Bertz CT molecular complexity index is 384. The van der Waals surface area contributed by atoms with Gasteiger partial charge in [-0.25, -0.2) is 9.98 Å². The lowest BCUT2D eigenvalue weighted by Crippen LogP contribution is -2.31. The molecular weight excluding hydrogens is 188 g/mol. The van der Waals surface area contributed by atoms with Crippen molar-refractivity contribution in [1.29, 1.82) is 0 Å². The monoisotopic (exact) mass is 196 g/mol. The highest BCUT2D eigenvalue weighted by Gasteiger charge is 2.27. The third-order valence-corrected chi connectivity index (χ3v) is 2.64. The molecule has 0 fully saturated rings. The molecule has 1 unspecified atom stereocenters. The summed E-state index contributed by atoms with van der Waals surface area (Å²) in [6.07, 6.45) is 1.66.